The maximum absolute atomic E-state index is 13.7. The molecule has 2 heterocycles. The summed E-state index contributed by atoms with van der Waals surface area (Å²) in [5.74, 6) is -0.886. The van der Waals surface area contributed by atoms with Gasteiger partial charge in [-0.3, -0.25) is 9.88 Å². The van der Waals surface area contributed by atoms with Crippen LogP contribution in [0.5, 0.6) is 0 Å². The summed E-state index contributed by atoms with van der Waals surface area (Å²) in [6, 6.07) is 9.25. The fourth-order valence-electron chi connectivity index (χ4n) is 3.11. The minimum absolute atomic E-state index is 0.166. The smallest absolute Gasteiger partial charge is 0.130 e. The summed E-state index contributed by atoms with van der Waals surface area (Å²) in [5, 5.41) is 10.4. The molecule has 1 atom stereocenters. The van der Waals surface area contributed by atoms with Crippen molar-refractivity contribution in [2.45, 2.75) is 25.5 Å². The van der Waals surface area contributed by atoms with Crippen LogP contribution in [-0.2, 0) is 6.54 Å². The molecule has 0 spiro atoms. The van der Waals surface area contributed by atoms with Crippen molar-refractivity contribution in [1.29, 1.82) is 0 Å². The lowest BCUT2D eigenvalue weighted by molar-refractivity contribution is 0.0537. The average molecular weight is 318 g/mol. The molecular formula is C18H20F2N2O. The van der Waals surface area contributed by atoms with Crippen molar-refractivity contribution in [3.05, 3.63) is 65.5 Å². The van der Waals surface area contributed by atoms with Crippen molar-refractivity contribution in [3.8, 4) is 0 Å². The van der Waals surface area contributed by atoms with Crippen molar-refractivity contribution >= 4 is 0 Å². The highest BCUT2D eigenvalue weighted by atomic mass is 19.1. The van der Waals surface area contributed by atoms with Crippen molar-refractivity contribution in [2.75, 3.05) is 13.1 Å². The standard InChI is InChI=1S/C18H20F2N2O/c19-15-5-4-14(16(20)11-15)12-22-9-6-13(7-10-22)18(23)17-3-1-2-8-21-17/h1-5,8,11,13,18,23H,6-7,9-10,12H2/t18-/m0/s1. The van der Waals surface area contributed by atoms with Gasteiger partial charge in [0.05, 0.1) is 11.8 Å². The van der Waals surface area contributed by atoms with E-state index in [1.807, 2.05) is 18.2 Å². The molecule has 1 aliphatic heterocycles. The Morgan fingerprint density at radius 3 is 2.61 bits per heavy atom. The number of hydrogen-bond acceptors (Lipinski definition) is 3. The van der Waals surface area contributed by atoms with E-state index in [0.717, 1.165) is 32.0 Å². The summed E-state index contributed by atoms with van der Waals surface area (Å²) in [5.41, 5.74) is 1.21. The highest BCUT2D eigenvalue weighted by Crippen LogP contribution is 2.30. The third kappa shape index (κ3) is 3.92. The van der Waals surface area contributed by atoms with E-state index in [1.54, 1.807) is 6.20 Å². The average Bonchev–Trinajstić information content (AvgIpc) is 2.58. The Morgan fingerprint density at radius 2 is 1.96 bits per heavy atom. The molecule has 0 aliphatic carbocycles. The minimum Gasteiger partial charge on any atom is -0.387 e. The first-order valence-electron chi connectivity index (χ1n) is 7.89. The number of hydrogen-bond donors (Lipinski definition) is 1. The predicted octanol–water partition coefficient (Wildman–Crippen LogP) is 3.31. The number of pyridine rings is 1. The zero-order chi connectivity index (χ0) is 16.2. The third-order valence-corrected chi connectivity index (χ3v) is 4.48. The number of benzene rings is 1. The van der Waals surface area contributed by atoms with E-state index < -0.39 is 17.7 Å². The Morgan fingerprint density at radius 1 is 1.17 bits per heavy atom. The van der Waals surface area contributed by atoms with Gasteiger partial charge in [0.2, 0.25) is 0 Å². The molecule has 1 aromatic carbocycles. The number of piperidine rings is 1. The molecule has 23 heavy (non-hydrogen) atoms. The van der Waals surface area contributed by atoms with Crippen LogP contribution in [0.4, 0.5) is 8.78 Å². The molecule has 3 nitrogen and oxygen atoms in total. The molecule has 0 unspecified atom stereocenters. The summed E-state index contributed by atoms with van der Waals surface area (Å²) in [6.07, 6.45) is 2.80. The van der Waals surface area contributed by atoms with E-state index in [2.05, 4.69) is 9.88 Å². The van der Waals surface area contributed by atoms with Gasteiger partial charge in [0.25, 0.3) is 0 Å². The van der Waals surface area contributed by atoms with E-state index in [9.17, 15) is 13.9 Å². The van der Waals surface area contributed by atoms with Crippen LogP contribution < -0.4 is 0 Å². The summed E-state index contributed by atoms with van der Waals surface area (Å²) in [6.45, 7) is 2.04. The Balaban J connectivity index is 1.56. The number of aliphatic hydroxyl groups is 1. The highest BCUT2D eigenvalue weighted by molar-refractivity contribution is 5.18. The van der Waals surface area contributed by atoms with Gasteiger partial charge in [0.15, 0.2) is 0 Å². The second-order valence-electron chi connectivity index (χ2n) is 6.05. The molecule has 5 heteroatoms. The first-order chi connectivity index (χ1) is 11.1. The number of aliphatic hydroxyl groups excluding tert-OH is 1. The number of rotatable bonds is 4. The monoisotopic (exact) mass is 318 g/mol. The second kappa shape index (κ2) is 7.15. The molecule has 0 radical (unpaired) electrons. The van der Waals surface area contributed by atoms with Crippen LogP contribution in [0.3, 0.4) is 0 Å². The number of nitrogens with zero attached hydrogens (tertiary/aromatic N) is 2. The van der Waals surface area contributed by atoms with Crippen molar-refractivity contribution < 1.29 is 13.9 Å². The van der Waals surface area contributed by atoms with E-state index >= 15 is 0 Å². The Kier molecular flexibility index (Phi) is 4.98. The highest BCUT2D eigenvalue weighted by Gasteiger charge is 2.27. The van der Waals surface area contributed by atoms with Crippen LogP contribution in [0.1, 0.15) is 30.2 Å². The molecule has 0 amide bonds. The summed E-state index contributed by atoms with van der Waals surface area (Å²) >= 11 is 0. The van der Waals surface area contributed by atoms with E-state index in [0.29, 0.717) is 17.8 Å². The number of likely N-dealkylation sites (tertiary alicyclic amines) is 1. The third-order valence-electron chi connectivity index (χ3n) is 4.48. The first-order valence-corrected chi connectivity index (χ1v) is 7.89. The lowest BCUT2D eigenvalue weighted by Crippen LogP contribution is -2.35. The number of aromatic nitrogens is 1. The van der Waals surface area contributed by atoms with Gasteiger partial charge in [-0.1, -0.05) is 12.1 Å². The van der Waals surface area contributed by atoms with Crippen LogP contribution in [0.2, 0.25) is 0 Å². The Labute approximate surface area is 134 Å². The molecule has 1 saturated heterocycles. The van der Waals surface area contributed by atoms with Crippen LogP contribution in [0.15, 0.2) is 42.6 Å². The van der Waals surface area contributed by atoms with Crippen LogP contribution in [0.25, 0.3) is 0 Å². The normalized spacial score (nSPS) is 18.0. The van der Waals surface area contributed by atoms with Gasteiger partial charge >= 0.3 is 0 Å². The molecule has 2 aromatic rings. The zero-order valence-electron chi connectivity index (χ0n) is 12.8. The number of halogens is 2. The van der Waals surface area contributed by atoms with Crippen LogP contribution >= 0.6 is 0 Å². The Bertz CT molecular complexity index is 643. The van der Waals surface area contributed by atoms with Gasteiger partial charge in [0, 0.05) is 24.4 Å². The maximum Gasteiger partial charge on any atom is 0.130 e. The lowest BCUT2D eigenvalue weighted by Gasteiger charge is -2.34. The predicted molar refractivity (Wildman–Crippen MR) is 83.6 cm³/mol. The molecule has 0 bridgehead atoms. The lowest BCUT2D eigenvalue weighted by atomic mass is 9.89. The van der Waals surface area contributed by atoms with E-state index in [1.165, 1.54) is 12.1 Å². The van der Waals surface area contributed by atoms with Gasteiger partial charge in [-0.05, 0) is 50.0 Å². The van der Waals surface area contributed by atoms with Crippen LogP contribution in [-0.4, -0.2) is 28.1 Å². The van der Waals surface area contributed by atoms with Crippen LogP contribution in [0, 0.1) is 17.6 Å². The van der Waals surface area contributed by atoms with Crippen molar-refractivity contribution in [3.63, 3.8) is 0 Å². The second-order valence-corrected chi connectivity index (χ2v) is 6.05. The molecule has 1 N–H and O–H groups in total. The maximum atomic E-state index is 13.7. The topological polar surface area (TPSA) is 36.4 Å². The van der Waals surface area contributed by atoms with Crippen molar-refractivity contribution in [1.82, 2.24) is 9.88 Å². The zero-order valence-corrected chi connectivity index (χ0v) is 12.8. The van der Waals surface area contributed by atoms with Crippen molar-refractivity contribution in [2.24, 2.45) is 5.92 Å². The SMILES string of the molecule is O[C@H](c1ccccn1)C1CCN(Cc2ccc(F)cc2F)CC1. The minimum atomic E-state index is -0.555. The molecule has 1 aromatic heterocycles. The molecule has 0 saturated carbocycles. The molecular weight excluding hydrogens is 298 g/mol. The fraction of sp³-hybridized carbons (Fsp3) is 0.389. The summed E-state index contributed by atoms with van der Waals surface area (Å²) in [7, 11) is 0. The van der Waals surface area contributed by atoms with Gasteiger partial charge in [-0.15, -0.1) is 0 Å². The molecule has 1 aliphatic rings. The quantitative estimate of drug-likeness (QED) is 0.939. The first kappa shape index (κ1) is 16.0. The van der Waals surface area contributed by atoms with E-state index in [-0.39, 0.29) is 5.92 Å². The Hall–Kier alpha value is -1.85. The van der Waals surface area contributed by atoms with Gasteiger partial charge in [-0.25, -0.2) is 8.78 Å². The molecule has 122 valence electrons. The van der Waals surface area contributed by atoms with Gasteiger partial charge in [0.1, 0.15) is 11.6 Å². The van der Waals surface area contributed by atoms with Gasteiger partial charge in [-0.2, -0.15) is 0 Å². The largest absolute Gasteiger partial charge is 0.387 e. The summed E-state index contributed by atoms with van der Waals surface area (Å²) in [4.78, 5) is 6.35. The van der Waals surface area contributed by atoms with E-state index in [4.69, 9.17) is 0 Å². The molecule has 1 fully saturated rings. The van der Waals surface area contributed by atoms with Gasteiger partial charge < -0.3 is 5.11 Å². The fourth-order valence-corrected chi connectivity index (χ4v) is 3.11. The summed E-state index contributed by atoms with van der Waals surface area (Å²) < 4.78 is 26.7. The molecule has 3 rings (SSSR count).